The maximum Gasteiger partial charge on any atom is 0.328 e. The Hall–Kier alpha value is -2.04. The minimum atomic E-state index is -0.654. The molecule has 1 rings (SSSR count). The SMILES string of the molecule is CCCOc1ccc(C(=O)NC(C(=O)OC)C(C)C)cc1. The molecule has 0 bridgehead atoms. The Bertz CT molecular complexity index is 468. The summed E-state index contributed by atoms with van der Waals surface area (Å²) in [4.78, 5) is 23.8. The largest absolute Gasteiger partial charge is 0.494 e. The standard InChI is InChI=1S/C16H23NO4/c1-5-10-21-13-8-6-12(7-9-13)15(18)17-14(11(2)3)16(19)20-4/h6-9,11,14H,5,10H2,1-4H3,(H,17,18). The Kier molecular flexibility index (Phi) is 6.72. The van der Waals surface area contributed by atoms with Gasteiger partial charge in [-0.15, -0.1) is 0 Å². The molecule has 0 aromatic heterocycles. The fraction of sp³-hybridized carbons (Fsp3) is 0.500. The quantitative estimate of drug-likeness (QED) is 0.784. The summed E-state index contributed by atoms with van der Waals surface area (Å²) in [5.41, 5.74) is 0.480. The second kappa shape index (κ2) is 8.29. The summed E-state index contributed by atoms with van der Waals surface area (Å²) < 4.78 is 10.2. The van der Waals surface area contributed by atoms with Gasteiger partial charge in [-0.05, 0) is 36.6 Å². The topological polar surface area (TPSA) is 64.6 Å². The lowest BCUT2D eigenvalue weighted by atomic mass is 10.0. The van der Waals surface area contributed by atoms with Gasteiger partial charge in [0, 0.05) is 5.56 Å². The molecule has 1 unspecified atom stereocenters. The Morgan fingerprint density at radius 3 is 2.29 bits per heavy atom. The number of benzene rings is 1. The van der Waals surface area contributed by atoms with Crippen LogP contribution in [0.15, 0.2) is 24.3 Å². The summed E-state index contributed by atoms with van der Waals surface area (Å²) in [6.45, 7) is 6.37. The number of ether oxygens (including phenoxy) is 2. The third-order valence-electron chi connectivity index (χ3n) is 3.00. The first-order chi connectivity index (χ1) is 9.99. The summed E-state index contributed by atoms with van der Waals surface area (Å²) in [6, 6.07) is 6.18. The molecule has 21 heavy (non-hydrogen) atoms. The van der Waals surface area contributed by atoms with Crippen LogP contribution in [0.3, 0.4) is 0 Å². The number of rotatable bonds is 7. The van der Waals surface area contributed by atoms with E-state index in [1.807, 2.05) is 20.8 Å². The number of hydrogen-bond acceptors (Lipinski definition) is 4. The van der Waals surface area contributed by atoms with Gasteiger partial charge in [-0.25, -0.2) is 4.79 Å². The number of hydrogen-bond donors (Lipinski definition) is 1. The normalized spacial score (nSPS) is 11.9. The molecule has 5 heteroatoms. The van der Waals surface area contributed by atoms with E-state index in [1.54, 1.807) is 24.3 Å². The summed E-state index contributed by atoms with van der Waals surface area (Å²) in [7, 11) is 1.31. The van der Waals surface area contributed by atoms with Crippen LogP contribution in [0.5, 0.6) is 5.75 Å². The maximum atomic E-state index is 12.1. The number of amides is 1. The smallest absolute Gasteiger partial charge is 0.328 e. The third kappa shape index (κ3) is 5.10. The van der Waals surface area contributed by atoms with Crippen LogP contribution in [0.4, 0.5) is 0 Å². The highest BCUT2D eigenvalue weighted by Crippen LogP contribution is 2.13. The first kappa shape index (κ1) is 17.0. The molecule has 1 aromatic rings. The predicted octanol–water partition coefficient (Wildman–Crippen LogP) is 2.40. The molecular formula is C16H23NO4. The van der Waals surface area contributed by atoms with E-state index >= 15 is 0 Å². The molecule has 0 aliphatic rings. The molecule has 0 radical (unpaired) electrons. The molecule has 5 nitrogen and oxygen atoms in total. The van der Waals surface area contributed by atoms with Gasteiger partial charge >= 0.3 is 5.97 Å². The average molecular weight is 293 g/mol. The van der Waals surface area contributed by atoms with E-state index in [0.29, 0.717) is 12.2 Å². The van der Waals surface area contributed by atoms with Gasteiger partial charge in [0.15, 0.2) is 0 Å². The molecule has 0 heterocycles. The van der Waals surface area contributed by atoms with Crippen LogP contribution in [0, 0.1) is 5.92 Å². The van der Waals surface area contributed by atoms with E-state index < -0.39 is 12.0 Å². The Morgan fingerprint density at radius 2 is 1.81 bits per heavy atom. The molecular weight excluding hydrogens is 270 g/mol. The predicted molar refractivity (Wildman–Crippen MR) is 80.3 cm³/mol. The van der Waals surface area contributed by atoms with Crippen molar-refractivity contribution in [1.82, 2.24) is 5.32 Å². The van der Waals surface area contributed by atoms with E-state index in [0.717, 1.165) is 12.2 Å². The van der Waals surface area contributed by atoms with Crippen molar-refractivity contribution < 1.29 is 19.1 Å². The second-order valence-electron chi connectivity index (χ2n) is 5.09. The van der Waals surface area contributed by atoms with E-state index in [4.69, 9.17) is 9.47 Å². The monoisotopic (exact) mass is 293 g/mol. The van der Waals surface area contributed by atoms with Crippen LogP contribution in [0.25, 0.3) is 0 Å². The van der Waals surface area contributed by atoms with Gasteiger partial charge in [-0.3, -0.25) is 4.79 Å². The van der Waals surface area contributed by atoms with Crippen LogP contribution in [-0.2, 0) is 9.53 Å². The lowest BCUT2D eigenvalue weighted by molar-refractivity contribution is -0.144. The Labute approximate surface area is 125 Å². The molecule has 0 saturated carbocycles. The van der Waals surface area contributed by atoms with Gasteiger partial charge in [0.25, 0.3) is 5.91 Å². The maximum absolute atomic E-state index is 12.1. The molecule has 0 saturated heterocycles. The number of methoxy groups -OCH3 is 1. The van der Waals surface area contributed by atoms with Crippen LogP contribution < -0.4 is 10.1 Å². The van der Waals surface area contributed by atoms with Gasteiger partial charge in [0.1, 0.15) is 11.8 Å². The molecule has 0 aliphatic carbocycles. The van der Waals surface area contributed by atoms with Crippen molar-refractivity contribution in [2.75, 3.05) is 13.7 Å². The van der Waals surface area contributed by atoms with E-state index in [1.165, 1.54) is 7.11 Å². The highest BCUT2D eigenvalue weighted by molar-refractivity contribution is 5.96. The lowest BCUT2D eigenvalue weighted by Gasteiger charge is -2.19. The fourth-order valence-corrected chi connectivity index (χ4v) is 1.77. The zero-order valence-electron chi connectivity index (χ0n) is 13.0. The zero-order chi connectivity index (χ0) is 15.8. The van der Waals surface area contributed by atoms with E-state index in [2.05, 4.69) is 5.32 Å². The fourth-order valence-electron chi connectivity index (χ4n) is 1.77. The molecule has 1 aromatic carbocycles. The minimum Gasteiger partial charge on any atom is -0.494 e. The number of nitrogens with one attached hydrogen (secondary N) is 1. The van der Waals surface area contributed by atoms with Gasteiger partial charge in [0.05, 0.1) is 13.7 Å². The van der Waals surface area contributed by atoms with Crippen molar-refractivity contribution in [2.45, 2.75) is 33.2 Å². The van der Waals surface area contributed by atoms with Gasteiger partial charge in [-0.1, -0.05) is 20.8 Å². The van der Waals surface area contributed by atoms with Crippen LogP contribution in [0.1, 0.15) is 37.6 Å². The third-order valence-corrected chi connectivity index (χ3v) is 3.00. The van der Waals surface area contributed by atoms with Gasteiger partial charge < -0.3 is 14.8 Å². The van der Waals surface area contributed by atoms with Crippen molar-refractivity contribution in [3.8, 4) is 5.75 Å². The van der Waals surface area contributed by atoms with Crippen molar-refractivity contribution in [1.29, 1.82) is 0 Å². The van der Waals surface area contributed by atoms with E-state index in [9.17, 15) is 9.59 Å². The molecule has 116 valence electrons. The molecule has 0 fully saturated rings. The summed E-state index contributed by atoms with van der Waals surface area (Å²) >= 11 is 0. The van der Waals surface area contributed by atoms with Gasteiger partial charge in [0.2, 0.25) is 0 Å². The van der Waals surface area contributed by atoms with E-state index in [-0.39, 0.29) is 11.8 Å². The first-order valence-corrected chi connectivity index (χ1v) is 7.11. The summed E-state index contributed by atoms with van der Waals surface area (Å²) in [5, 5.41) is 2.69. The summed E-state index contributed by atoms with van der Waals surface area (Å²) in [5.74, 6) is -0.0715. The molecule has 0 aliphatic heterocycles. The van der Waals surface area contributed by atoms with Gasteiger partial charge in [-0.2, -0.15) is 0 Å². The number of carbonyl (C=O) groups is 2. The van der Waals surface area contributed by atoms with Crippen molar-refractivity contribution >= 4 is 11.9 Å². The number of carbonyl (C=O) groups excluding carboxylic acids is 2. The van der Waals surface area contributed by atoms with Crippen molar-refractivity contribution in [3.05, 3.63) is 29.8 Å². The minimum absolute atomic E-state index is 0.0476. The molecule has 1 atom stereocenters. The van der Waals surface area contributed by atoms with Crippen molar-refractivity contribution in [2.24, 2.45) is 5.92 Å². The number of esters is 1. The Morgan fingerprint density at radius 1 is 1.19 bits per heavy atom. The van der Waals surface area contributed by atoms with Crippen LogP contribution >= 0.6 is 0 Å². The molecule has 0 spiro atoms. The second-order valence-corrected chi connectivity index (χ2v) is 5.09. The average Bonchev–Trinajstić information content (AvgIpc) is 2.49. The highest BCUT2D eigenvalue weighted by Gasteiger charge is 2.25. The van der Waals surface area contributed by atoms with Crippen LogP contribution in [0.2, 0.25) is 0 Å². The lowest BCUT2D eigenvalue weighted by Crippen LogP contribution is -2.45. The summed E-state index contributed by atoms with van der Waals surface area (Å²) in [6.07, 6.45) is 0.928. The zero-order valence-corrected chi connectivity index (χ0v) is 13.0. The first-order valence-electron chi connectivity index (χ1n) is 7.11. The van der Waals surface area contributed by atoms with Crippen LogP contribution in [-0.4, -0.2) is 31.6 Å². The molecule has 1 amide bonds. The molecule has 1 N–H and O–H groups in total. The highest BCUT2D eigenvalue weighted by atomic mass is 16.5. The van der Waals surface area contributed by atoms with Crippen molar-refractivity contribution in [3.63, 3.8) is 0 Å². The Balaban J connectivity index is 2.71.